The molecule has 4 aromatic rings. The minimum absolute atomic E-state index is 0.00327. The van der Waals surface area contributed by atoms with Crippen LogP contribution in [0.5, 0.6) is 11.6 Å². The molecular weight excluding hydrogens is 538 g/mol. The summed E-state index contributed by atoms with van der Waals surface area (Å²) >= 11 is 6.53. The van der Waals surface area contributed by atoms with Gasteiger partial charge in [0.1, 0.15) is 10.6 Å². The number of sulfonamides is 1. The first-order chi connectivity index (χ1) is 18.6. The molecule has 1 N–H and O–H groups in total. The molecule has 0 atom stereocenters. The molecule has 3 heterocycles. The van der Waals surface area contributed by atoms with Gasteiger partial charge in [-0.25, -0.2) is 18.1 Å². The zero-order valence-corrected chi connectivity index (χ0v) is 23.8. The summed E-state index contributed by atoms with van der Waals surface area (Å²) in [7, 11) is -0.236. The normalized spacial score (nSPS) is 14.4. The molecule has 0 unspecified atom stereocenters. The smallest absolute Gasteiger partial charge is 0.267 e. The lowest BCUT2D eigenvalue weighted by molar-refractivity contribution is 0.312. The van der Waals surface area contributed by atoms with Crippen molar-refractivity contribution in [1.29, 1.82) is 0 Å². The maximum absolute atomic E-state index is 13.0. The largest absolute Gasteiger partial charge is 0.437 e. The second-order valence-corrected chi connectivity index (χ2v) is 11.7. The molecular formula is C27H30ClN7O3S. The molecule has 0 amide bonds. The fourth-order valence-corrected chi connectivity index (χ4v) is 5.61. The first kappa shape index (κ1) is 26.9. The molecule has 1 fully saturated rings. The van der Waals surface area contributed by atoms with E-state index in [0.29, 0.717) is 16.5 Å². The van der Waals surface area contributed by atoms with Gasteiger partial charge in [-0.05, 0) is 44.2 Å². The van der Waals surface area contributed by atoms with Gasteiger partial charge in [-0.3, -0.25) is 4.68 Å². The van der Waals surface area contributed by atoms with Gasteiger partial charge in [-0.1, -0.05) is 29.8 Å². The molecule has 0 spiro atoms. The minimum Gasteiger partial charge on any atom is -0.437 e. The van der Waals surface area contributed by atoms with Crippen LogP contribution in [0.15, 0.2) is 59.8 Å². The number of hydrogen-bond acceptors (Lipinski definition) is 8. The van der Waals surface area contributed by atoms with E-state index in [4.69, 9.17) is 16.3 Å². The van der Waals surface area contributed by atoms with Crippen molar-refractivity contribution in [1.82, 2.24) is 24.6 Å². The van der Waals surface area contributed by atoms with Crippen molar-refractivity contribution in [2.24, 2.45) is 7.05 Å². The van der Waals surface area contributed by atoms with E-state index in [1.165, 1.54) is 17.1 Å². The molecule has 0 bridgehead atoms. The number of rotatable bonds is 7. The van der Waals surface area contributed by atoms with Gasteiger partial charge in [0.15, 0.2) is 0 Å². The van der Waals surface area contributed by atoms with Gasteiger partial charge < -0.3 is 14.5 Å². The summed E-state index contributed by atoms with van der Waals surface area (Å²) in [5.41, 5.74) is 4.34. The predicted octanol–water partition coefficient (Wildman–Crippen LogP) is 4.49. The van der Waals surface area contributed by atoms with E-state index in [1.807, 2.05) is 44.2 Å². The highest BCUT2D eigenvalue weighted by atomic mass is 35.5. The van der Waals surface area contributed by atoms with Crippen LogP contribution in [0, 0.1) is 13.8 Å². The van der Waals surface area contributed by atoms with Crippen LogP contribution >= 0.6 is 11.6 Å². The third kappa shape index (κ3) is 6.00. The number of nitrogens with one attached hydrogen (secondary N) is 1. The Labute approximate surface area is 233 Å². The summed E-state index contributed by atoms with van der Waals surface area (Å²) in [4.78, 5) is 13.5. The fourth-order valence-electron chi connectivity index (χ4n) is 4.53. The van der Waals surface area contributed by atoms with E-state index >= 15 is 0 Å². The summed E-state index contributed by atoms with van der Waals surface area (Å²) in [6.45, 7) is 7.65. The topological polar surface area (TPSA) is 105 Å². The Balaban J connectivity index is 1.54. The number of benzene rings is 2. The van der Waals surface area contributed by atoms with E-state index in [-0.39, 0.29) is 16.7 Å². The van der Waals surface area contributed by atoms with Gasteiger partial charge in [0.05, 0.1) is 16.9 Å². The lowest BCUT2D eigenvalue weighted by atomic mass is 10.00. The van der Waals surface area contributed by atoms with Crippen molar-refractivity contribution in [3.63, 3.8) is 0 Å². The number of nitrogens with zero attached hydrogens (tertiary/aromatic N) is 6. The Morgan fingerprint density at radius 3 is 2.36 bits per heavy atom. The number of aromatic nitrogens is 4. The maximum Gasteiger partial charge on any atom is 0.267 e. The summed E-state index contributed by atoms with van der Waals surface area (Å²) in [5.74, 6) is 0.449. The summed E-state index contributed by atoms with van der Waals surface area (Å²) in [6.07, 6.45) is 2.66. The molecule has 2 aromatic carbocycles. The van der Waals surface area contributed by atoms with E-state index in [2.05, 4.69) is 36.6 Å². The molecule has 0 aliphatic carbocycles. The standard InChI is InChI=1S/C27H30ClN7O3S/c1-18-6-5-7-19(2)26(18)23-15-25(31-27(30-23)32-39(36,37)21-16-29-34(4)17-21)38-24-14-20(8-9-22(24)28)35-12-10-33(3)11-13-35/h5-9,14-17H,10-13H2,1-4H3,(H,30,31,32). The molecule has 1 aliphatic heterocycles. The van der Waals surface area contributed by atoms with Crippen LogP contribution in [-0.4, -0.2) is 66.3 Å². The van der Waals surface area contributed by atoms with Crippen molar-refractivity contribution in [2.45, 2.75) is 18.7 Å². The quantitative estimate of drug-likeness (QED) is 0.348. The molecule has 2 aromatic heterocycles. The lowest BCUT2D eigenvalue weighted by Gasteiger charge is -2.34. The van der Waals surface area contributed by atoms with Crippen molar-refractivity contribution in [2.75, 3.05) is 42.8 Å². The number of anilines is 2. The highest BCUT2D eigenvalue weighted by Crippen LogP contribution is 2.35. The third-order valence-electron chi connectivity index (χ3n) is 6.65. The third-order valence-corrected chi connectivity index (χ3v) is 8.25. The summed E-state index contributed by atoms with van der Waals surface area (Å²) < 4.78 is 36.2. The van der Waals surface area contributed by atoms with E-state index < -0.39 is 10.0 Å². The van der Waals surface area contributed by atoms with Gasteiger partial charge >= 0.3 is 0 Å². The Morgan fingerprint density at radius 1 is 0.974 bits per heavy atom. The van der Waals surface area contributed by atoms with Crippen LogP contribution in [0.25, 0.3) is 11.3 Å². The van der Waals surface area contributed by atoms with Crippen LogP contribution in [-0.2, 0) is 17.1 Å². The van der Waals surface area contributed by atoms with Crippen LogP contribution in [0.2, 0.25) is 5.02 Å². The number of hydrogen-bond donors (Lipinski definition) is 1. The predicted molar refractivity (Wildman–Crippen MR) is 152 cm³/mol. The molecule has 10 nitrogen and oxygen atoms in total. The molecule has 5 rings (SSSR count). The first-order valence-corrected chi connectivity index (χ1v) is 14.3. The van der Waals surface area contributed by atoms with Gasteiger partial charge in [-0.15, -0.1) is 0 Å². The molecule has 1 aliphatic rings. The number of ether oxygens (including phenoxy) is 1. The number of likely N-dealkylation sites (N-methyl/N-ethyl adjacent to an activating group) is 1. The van der Waals surface area contributed by atoms with E-state index in [0.717, 1.165) is 48.6 Å². The van der Waals surface area contributed by atoms with Crippen LogP contribution in [0.4, 0.5) is 11.6 Å². The molecule has 0 saturated carbocycles. The van der Waals surface area contributed by atoms with E-state index in [1.54, 1.807) is 19.2 Å². The molecule has 12 heteroatoms. The fraction of sp³-hybridized carbons (Fsp3) is 0.296. The highest BCUT2D eigenvalue weighted by Gasteiger charge is 2.21. The van der Waals surface area contributed by atoms with Crippen LogP contribution in [0.1, 0.15) is 11.1 Å². The molecule has 204 valence electrons. The zero-order chi connectivity index (χ0) is 27.7. The van der Waals surface area contributed by atoms with Crippen LogP contribution < -0.4 is 14.4 Å². The number of piperazine rings is 1. The van der Waals surface area contributed by atoms with Gasteiger partial charge in [0.2, 0.25) is 11.8 Å². The van der Waals surface area contributed by atoms with Crippen molar-refractivity contribution >= 4 is 33.3 Å². The van der Waals surface area contributed by atoms with Crippen molar-refractivity contribution in [3.8, 4) is 22.9 Å². The Kier molecular flexibility index (Phi) is 7.48. The van der Waals surface area contributed by atoms with Gasteiger partial charge in [0, 0.05) is 62.8 Å². The Morgan fingerprint density at radius 2 is 1.69 bits per heavy atom. The average Bonchev–Trinajstić information content (AvgIpc) is 3.33. The van der Waals surface area contributed by atoms with E-state index in [9.17, 15) is 8.42 Å². The van der Waals surface area contributed by atoms with Gasteiger partial charge in [0.25, 0.3) is 10.0 Å². The average molecular weight is 568 g/mol. The zero-order valence-electron chi connectivity index (χ0n) is 22.2. The second kappa shape index (κ2) is 10.8. The molecule has 0 radical (unpaired) electrons. The van der Waals surface area contributed by atoms with Gasteiger partial charge in [-0.2, -0.15) is 10.1 Å². The number of aryl methyl sites for hydroxylation is 3. The molecule has 39 heavy (non-hydrogen) atoms. The summed E-state index contributed by atoms with van der Waals surface area (Å²) in [6, 6.07) is 13.2. The SMILES string of the molecule is Cc1cccc(C)c1-c1cc(Oc2cc(N3CCN(C)CC3)ccc2Cl)nc(NS(=O)(=O)c2cnn(C)c2)n1. The molecule has 1 saturated heterocycles. The Hall–Kier alpha value is -3.67. The van der Waals surface area contributed by atoms with Crippen molar-refractivity contribution < 1.29 is 13.2 Å². The number of halogens is 1. The minimum atomic E-state index is -3.99. The highest BCUT2D eigenvalue weighted by molar-refractivity contribution is 7.92. The second-order valence-electron chi connectivity index (χ2n) is 9.64. The van der Waals surface area contributed by atoms with Crippen molar-refractivity contribution in [3.05, 3.63) is 71.0 Å². The maximum atomic E-state index is 13.0. The van der Waals surface area contributed by atoms with Crippen LogP contribution in [0.3, 0.4) is 0 Å². The first-order valence-electron chi connectivity index (χ1n) is 12.5. The Bertz CT molecular complexity index is 1600. The monoisotopic (exact) mass is 567 g/mol. The lowest BCUT2D eigenvalue weighted by Crippen LogP contribution is -2.44. The summed E-state index contributed by atoms with van der Waals surface area (Å²) in [5, 5.41) is 4.37.